The highest BCUT2D eigenvalue weighted by Gasteiger charge is 2.25. The van der Waals surface area contributed by atoms with Gasteiger partial charge < -0.3 is 19.4 Å². The van der Waals surface area contributed by atoms with Gasteiger partial charge in [0, 0.05) is 41.6 Å². The van der Waals surface area contributed by atoms with Crippen LogP contribution in [0.3, 0.4) is 0 Å². The van der Waals surface area contributed by atoms with Crippen molar-refractivity contribution in [1.29, 1.82) is 0 Å². The number of aromatic hydroxyl groups is 1. The minimum Gasteiger partial charge on any atom is -0.507 e. The maximum Gasteiger partial charge on any atom is 0.254 e. The van der Waals surface area contributed by atoms with Gasteiger partial charge in [-0.1, -0.05) is 26.0 Å². The quantitative estimate of drug-likeness (QED) is 0.366. The van der Waals surface area contributed by atoms with Gasteiger partial charge in [0.1, 0.15) is 18.1 Å². The summed E-state index contributed by atoms with van der Waals surface area (Å²) >= 11 is 0. The maximum atomic E-state index is 10.2. The van der Waals surface area contributed by atoms with Crippen LogP contribution >= 0.6 is 0 Å². The average molecular weight is 476 g/mol. The summed E-state index contributed by atoms with van der Waals surface area (Å²) in [6.45, 7) is 9.99. The van der Waals surface area contributed by atoms with Crippen molar-refractivity contribution < 1.29 is 14.4 Å². The molecule has 35 heavy (non-hydrogen) atoms. The van der Waals surface area contributed by atoms with E-state index < -0.39 is 0 Å². The second-order valence-corrected chi connectivity index (χ2v) is 9.87. The minimum absolute atomic E-state index is 0.213. The topological polar surface area (TPSA) is 100 Å². The number of fused-ring (bicyclic) bond motifs is 1. The number of phenols is 1. The lowest BCUT2D eigenvalue weighted by molar-refractivity contribution is 0.167. The zero-order valence-corrected chi connectivity index (χ0v) is 20.6. The summed E-state index contributed by atoms with van der Waals surface area (Å²) in [7, 11) is 0. The highest BCUT2D eigenvalue weighted by atomic mass is 16.5. The van der Waals surface area contributed by atoms with Crippen LogP contribution in [0.25, 0.3) is 22.3 Å². The molecule has 4 aromatic rings. The van der Waals surface area contributed by atoms with E-state index in [0.717, 1.165) is 55.7 Å². The van der Waals surface area contributed by atoms with Gasteiger partial charge in [-0.15, -0.1) is 10.2 Å². The third-order valence-corrected chi connectivity index (χ3v) is 6.84. The first-order valence-electron chi connectivity index (χ1n) is 12.4. The van der Waals surface area contributed by atoms with Gasteiger partial charge in [-0.05, 0) is 67.7 Å². The molecule has 0 bridgehead atoms. The number of benzene rings is 1. The number of para-hydroxylation sites is 1. The van der Waals surface area contributed by atoms with E-state index in [1.54, 1.807) is 12.1 Å². The molecule has 0 amide bonds. The van der Waals surface area contributed by atoms with Gasteiger partial charge in [0.05, 0.1) is 5.69 Å². The number of nitrogens with one attached hydrogen (secondary N) is 1. The predicted molar refractivity (Wildman–Crippen MR) is 135 cm³/mol. The zero-order valence-electron chi connectivity index (χ0n) is 20.6. The molecule has 0 aliphatic carbocycles. The molecular weight excluding hydrogens is 442 g/mol. The molecule has 4 heterocycles. The fraction of sp³-hybridized carbons (Fsp3) is 0.444. The van der Waals surface area contributed by atoms with Gasteiger partial charge >= 0.3 is 0 Å². The van der Waals surface area contributed by atoms with Crippen LogP contribution in [-0.2, 0) is 6.42 Å². The molecular formula is C27H33N5O3. The van der Waals surface area contributed by atoms with E-state index in [-0.39, 0.29) is 5.75 Å². The lowest BCUT2D eigenvalue weighted by atomic mass is 9.91. The summed E-state index contributed by atoms with van der Waals surface area (Å²) in [4.78, 5) is 5.97. The van der Waals surface area contributed by atoms with Crippen molar-refractivity contribution in [1.82, 2.24) is 25.2 Å². The molecule has 184 valence electrons. The number of phenolic OH excluding ortho intramolecular Hbond substituents is 1. The fourth-order valence-electron chi connectivity index (χ4n) is 4.95. The van der Waals surface area contributed by atoms with Gasteiger partial charge in [0.15, 0.2) is 5.65 Å². The van der Waals surface area contributed by atoms with E-state index in [4.69, 9.17) is 9.26 Å². The molecule has 8 nitrogen and oxygen atoms in total. The molecule has 0 saturated carbocycles. The number of nitrogens with zero attached hydrogens (tertiary/aromatic N) is 4. The van der Waals surface area contributed by atoms with Crippen LogP contribution in [0.15, 0.2) is 40.9 Å². The van der Waals surface area contributed by atoms with E-state index in [1.165, 1.54) is 11.3 Å². The number of piperidine rings is 1. The second-order valence-electron chi connectivity index (χ2n) is 9.87. The number of aromatic nitrogens is 4. The van der Waals surface area contributed by atoms with E-state index in [9.17, 15) is 5.11 Å². The van der Waals surface area contributed by atoms with Crippen LogP contribution in [0.1, 0.15) is 49.6 Å². The van der Waals surface area contributed by atoms with E-state index in [2.05, 4.69) is 46.0 Å². The number of likely N-dealkylation sites (tertiary alicyclic amines) is 1. The van der Waals surface area contributed by atoms with Crippen molar-refractivity contribution in [3.8, 4) is 22.9 Å². The zero-order chi connectivity index (χ0) is 24.4. The standard InChI is InChI=1S/C27H33N5O3/c1-17(2)14-20-15-25(31-35-20)34-13-12-32-10-8-19(9-11-32)26-18(3)22-16-23(29-30-27(22)28-26)21-6-4-5-7-24(21)33/h4-7,15-17,19,33H,8-14H2,1-3H3,(H,28,30). The summed E-state index contributed by atoms with van der Waals surface area (Å²) in [5, 5.41) is 24.1. The summed E-state index contributed by atoms with van der Waals surface area (Å²) in [5.41, 5.74) is 4.65. The number of rotatable bonds is 8. The van der Waals surface area contributed by atoms with E-state index in [1.807, 2.05) is 24.3 Å². The van der Waals surface area contributed by atoms with Crippen LogP contribution in [0.2, 0.25) is 0 Å². The minimum atomic E-state index is 0.213. The smallest absolute Gasteiger partial charge is 0.254 e. The summed E-state index contributed by atoms with van der Waals surface area (Å²) in [6.07, 6.45) is 3.03. The van der Waals surface area contributed by atoms with Crippen molar-refractivity contribution in [3.63, 3.8) is 0 Å². The van der Waals surface area contributed by atoms with Crippen LogP contribution in [0.4, 0.5) is 0 Å². The number of aromatic amines is 1. The lowest BCUT2D eigenvalue weighted by Crippen LogP contribution is -2.36. The largest absolute Gasteiger partial charge is 0.507 e. The molecule has 1 aliphatic rings. The molecule has 2 N–H and O–H groups in total. The van der Waals surface area contributed by atoms with Crippen molar-refractivity contribution in [2.24, 2.45) is 5.92 Å². The van der Waals surface area contributed by atoms with E-state index in [0.29, 0.717) is 35.6 Å². The Bertz CT molecular complexity index is 1290. The van der Waals surface area contributed by atoms with Gasteiger partial charge in [0.2, 0.25) is 0 Å². The van der Waals surface area contributed by atoms with Gasteiger partial charge in [-0.2, -0.15) is 0 Å². The molecule has 0 spiro atoms. The van der Waals surface area contributed by atoms with Crippen molar-refractivity contribution in [3.05, 3.63) is 53.4 Å². The monoisotopic (exact) mass is 475 g/mol. The Hall–Kier alpha value is -3.39. The second kappa shape index (κ2) is 10.1. The SMILES string of the molecule is Cc1c(C2CCN(CCOc3cc(CC(C)C)on3)CC2)[nH]c2nnc(-c3ccccc3O)cc12. The number of H-pyrrole nitrogens is 1. The first kappa shape index (κ1) is 23.4. The summed E-state index contributed by atoms with van der Waals surface area (Å²) in [5.74, 6) is 2.66. The van der Waals surface area contributed by atoms with Crippen LogP contribution in [0, 0.1) is 12.8 Å². The summed E-state index contributed by atoms with van der Waals surface area (Å²) in [6, 6.07) is 11.2. The Morgan fingerprint density at radius 1 is 1.17 bits per heavy atom. The van der Waals surface area contributed by atoms with Crippen LogP contribution < -0.4 is 4.74 Å². The van der Waals surface area contributed by atoms with Crippen LogP contribution in [0.5, 0.6) is 11.6 Å². The molecule has 0 atom stereocenters. The molecule has 1 aromatic carbocycles. The average Bonchev–Trinajstić information content (AvgIpc) is 3.43. The Labute approximate surface area is 205 Å². The normalized spacial score (nSPS) is 15.3. The van der Waals surface area contributed by atoms with Gasteiger partial charge in [-0.3, -0.25) is 4.90 Å². The Morgan fingerprint density at radius 3 is 2.74 bits per heavy atom. The molecule has 1 aliphatic heterocycles. The third kappa shape index (κ3) is 5.17. The van der Waals surface area contributed by atoms with E-state index >= 15 is 0 Å². The van der Waals surface area contributed by atoms with Crippen LogP contribution in [-0.4, -0.2) is 56.6 Å². The Morgan fingerprint density at radius 2 is 1.97 bits per heavy atom. The maximum absolute atomic E-state index is 10.2. The molecule has 3 aromatic heterocycles. The molecule has 1 saturated heterocycles. The van der Waals surface area contributed by atoms with Crippen molar-refractivity contribution >= 4 is 11.0 Å². The molecule has 0 radical (unpaired) electrons. The lowest BCUT2D eigenvalue weighted by Gasteiger charge is -2.31. The first-order valence-corrected chi connectivity index (χ1v) is 12.4. The fourth-order valence-corrected chi connectivity index (χ4v) is 4.95. The molecule has 0 unspecified atom stereocenters. The third-order valence-electron chi connectivity index (χ3n) is 6.84. The molecule has 5 rings (SSSR count). The number of hydrogen-bond acceptors (Lipinski definition) is 7. The van der Waals surface area contributed by atoms with Crippen molar-refractivity contribution in [2.45, 2.75) is 46.0 Å². The van der Waals surface area contributed by atoms with Gasteiger partial charge in [-0.25, -0.2) is 0 Å². The highest BCUT2D eigenvalue weighted by Crippen LogP contribution is 2.35. The number of hydrogen-bond donors (Lipinski definition) is 2. The predicted octanol–water partition coefficient (Wildman–Crippen LogP) is 5.08. The highest BCUT2D eigenvalue weighted by molar-refractivity contribution is 5.85. The first-order chi connectivity index (χ1) is 17.0. The van der Waals surface area contributed by atoms with Crippen molar-refractivity contribution in [2.75, 3.05) is 26.2 Å². The number of ether oxygens (including phenoxy) is 1. The molecule has 8 heteroatoms. The number of aryl methyl sites for hydroxylation is 1. The summed E-state index contributed by atoms with van der Waals surface area (Å²) < 4.78 is 11.2. The molecule has 1 fully saturated rings. The Balaban J connectivity index is 1.18. The van der Waals surface area contributed by atoms with Gasteiger partial charge in [0.25, 0.3) is 5.88 Å². The Kier molecular flexibility index (Phi) is 6.72.